The van der Waals surface area contributed by atoms with Crippen LogP contribution in [0.25, 0.3) is 0 Å². The van der Waals surface area contributed by atoms with Crippen molar-refractivity contribution >= 4 is 29.8 Å². The molecular formula is C10H12Cl2F3N3O. The number of hydrogen-bond donors (Lipinski definition) is 2. The first-order chi connectivity index (χ1) is 8.29. The van der Waals surface area contributed by atoms with E-state index in [4.69, 9.17) is 17.3 Å². The summed E-state index contributed by atoms with van der Waals surface area (Å²) in [5.74, 6) is 0.205. The van der Waals surface area contributed by atoms with Crippen LogP contribution in [0.5, 0.6) is 0 Å². The van der Waals surface area contributed by atoms with Crippen LogP contribution in [0.15, 0.2) is 12.3 Å². The third-order valence-electron chi connectivity index (χ3n) is 2.78. The first kappa shape index (κ1) is 16.3. The van der Waals surface area contributed by atoms with E-state index in [1.807, 2.05) is 0 Å². The van der Waals surface area contributed by atoms with Gasteiger partial charge in [-0.05, 0) is 6.07 Å². The van der Waals surface area contributed by atoms with Crippen molar-refractivity contribution in [2.45, 2.75) is 18.3 Å². The lowest BCUT2D eigenvalue weighted by atomic mass is 10.2. The zero-order valence-electron chi connectivity index (χ0n) is 9.56. The van der Waals surface area contributed by atoms with Gasteiger partial charge in [0.1, 0.15) is 5.82 Å². The number of alkyl halides is 3. The summed E-state index contributed by atoms with van der Waals surface area (Å²) in [7, 11) is 0. The van der Waals surface area contributed by atoms with Crippen LogP contribution in [0.1, 0.15) is 5.56 Å². The average molecular weight is 318 g/mol. The van der Waals surface area contributed by atoms with E-state index in [0.717, 1.165) is 12.3 Å². The van der Waals surface area contributed by atoms with Gasteiger partial charge in [-0.3, -0.25) is 0 Å². The lowest BCUT2D eigenvalue weighted by Gasteiger charge is -2.18. The highest BCUT2D eigenvalue weighted by molar-refractivity contribution is 6.33. The van der Waals surface area contributed by atoms with Gasteiger partial charge in [-0.15, -0.1) is 12.4 Å². The Morgan fingerprint density at radius 2 is 2.05 bits per heavy atom. The van der Waals surface area contributed by atoms with Gasteiger partial charge in [-0.1, -0.05) is 11.6 Å². The minimum absolute atomic E-state index is 0. The number of aliphatic hydroxyl groups excluding tert-OH is 1. The molecule has 1 aliphatic heterocycles. The van der Waals surface area contributed by atoms with E-state index in [-0.39, 0.29) is 29.8 Å². The number of aliphatic hydroxyl groups is 1. The van der Waals surface area contributed by atoms with Crippen molar-refractivity contribution in [3.8, 4) is 0 Å². The summed E-state index contributed by atoms with van der Waals surface area (Å²) in [5, 5.41) is 9.38. The molecule has 2 atom stereocenters. The molecule has 0 saturated carbocycles. The van der Waals surface area contributed by atoms with Gasteiger partial charge in [0.05, 0.1) is 16.7 Å². The molecule has 0 amide bonds. The Balaban J connectivity index is 0.00000180. The quantitative estimate of drug-likeness (QED) is 0.827. The Morgan fingerprint density at radius 3 is 2.47 bits per heavy atom. The molecule has 1 aliphatic rings. The number of anilines is 1. The van der Waals surface area contributed by atoms with Gasteiger partial charge in [0.15, 0.2) is 0 Å². The van der Waals surface area contributed by atoms with Crippen molar-refractivity contribution in [1.29, 1.82) is 0 Å². The smallest absolute Gasteiger partial charge is 0.390 e. The molecule has 2 heterocycles. The number of nitrogens with zero attached hydrogens (tertiary/aromatic N) is 2. The maximum Gasteiger partial charge on any atom is 0.417 e. The molecule has 19 heavy (non-hydrogen) atoms. The van der Waals surface area contributed by atoms with Crippen LogP contribution in [-0.4, -0.2) is 35.3 Å². The minimum Gasteiger partial charge on any atom is -0.390 e. The highest BCUT2D eigenvalue weighted by atomic mass is 35.5. The number of nitrogens with two attached hydrogens (primary N) is 1. The highest BCUT2D eigenvalue weighted by Crippen LogP contribution is 2.34. The normalized spacial score (nSPS) is 23.4. The topological polar surface area (TPSA) is 62.4 Å². The van der Waals surface area contributed by atoms with E-state index in [9.17, 15) is 18.3 Å². The molecule has 108 valence electrons. The predicted molar refractivity (Wildman–Crippen MR) is 67.7 cm³/mol. The lowest BCUT2D eigenvalue weighted by Crippen LogP contribution is -2.32. The molecule has 0 bridgehead atoms. The van der Waals surface area contributed by atoms with Crippen LogP contribution >= 0.6 is 24.0 Å². The van der Waals surface area contributed by atoms with Gasteiger partial charge in [-0.25, -0.2) is 4.98 Å². The van der Waals surface area contributed by atoms with Crippen LogP contribution in [0.2, 0.25) is 5.02 Å². The molecule has 1 aromatic rings. The maximum absolute atomic E-state index is 12.4. The fourth-order valence-electron chi connectivity index (χ4n) is 1.80. The zero-order chi connectivity index (χ0) is 13.5. The van der Waals surface area contributed by atoms with Crippen molar-refractivity contribution in [2.24, 2.45) is 5.73 Å². The number of hydrogen-bond acceptors (Lipinski definition) is 4. The van der Waals surface area contributed by atoms with Gasteiger partial charge >= 0.3 is 6.18 Å². The summed E-state index contributed by atoms with van der Waals surface area (Å²) >= 11 is 5.78. The van der Waals surface area contributed by atoms with Crippen molar-refractivity contribution in [1.82, 2.24) is 4.98 Å². The van der Waals surface area contributed by atoms with E-state index in [1.165, 1.54) is 0 Å². The predicted octanol–water partition coefficient (Wildman–Crippen LogP) is 1.68. The minimum atomic E-state index is -4.48. The third kappa shape index (κ3) is 3.42. The fraction of sp³-hybridized carbons (Fsp3) is 0.500. The fourth-order valence-corrected chi connectivity index (χ4v) is 2.09. The van der Waals surface area contributed by atoms with Gasteiger partial charge in [0, 0.05) is 25.3 Å². The van der Waals surface area contributed by atoms with Crippen LogP contribution in [0.4, 0.5) is 19.0 Å². The van der Waals surface area contributed by atoms with E-state index < -0.39 is 23.9 Å². The standard InChI is InChI=1S/C10H11ClF3N3O.ClH/c11-6-1-5(10(12,13)14)2-16-9(6)17-3-7(15)8(18)4-17;/h1-2,7-8,18H,3-4,15H2;1H/t7-,8-;/m0./s1. The molecule has 2 rings (SSSR count). The number of halogens is 5. The summed E-state index contributed by atoms with van der Waals surface area (Å²) in [6.07, 6.45) is -4.49. The Labute approximate surface area is 118 Å². The number of pyridine rings is 1. The number of aromatic nitrogens is 1. The van der Waals surface area contributed by atoms with Crippen LogP contribution in [-0.2, 0) is 6.18 Å². The summed E-state index contributed by atoms with van der Waals surface area (Å²) < 4.78 is 37.3. The van der Waals surface area contributed by atoms with Crippen molar-refractivity contribution in [3.05, 3.63) is 22.8 Å². The zero-order valence-corrected chi connectivity index (χ0v) is 11.1. The van der Waals surface area contributed by atoms with Gasteiger partial charge in [0.2, 0.25) is 0 Å². The molecule has 0 aromatic carbocycles. The first-order valence-corrected chi connectivity index (χ1v) is 5.58. The van der Waals surface area contributed by atoms with Crippen molar-refractivity contribution < 1.29 is 18.3 Å². The first-order valence-electron chi connectivity index (χ1n) is 5.20. The Bertz CT molecular complexity index is 448. The van der Waals surface area contributed by atoms with E-state index in [0.29, 0.717) is 6.54 Å². The molecule has 0 unspecified atom stereocenters. The molecule has 4 nitrogen and oxygen atoms in total. The van der Waals surface area contributed by atoms with E-state index in [1.54, 1.807) is 4.90 Å². The Hall–Kier alpha value is -0.760. The van der Waals surface area contributed by atoms with Crippen LogP contribution in [0.3, 0.4) is 0 Å². The molecule has 0 radical (unpaired) electrons. The maximum atomic E-state index is 12.4. The van der Waals surface area contributed by atoms with E-state index >= 15 is 0 Å². The van der Waals surface area contributed by atoms with E-state index in [2.05, 4.69) is 4.98 Å². The lowest BCUT2D eigenvalue weighted by molar-refractivity contribution is -0.137. The molecule has 1 aromatic heterocycles. The Morgan fingerprint density at radius 1 is 1.42 bits per heavy atom. The molecule has 0 spiro atoms. The second-order valence-electron chi connectivity index (χ2n) is 4.16. The van der Waals surface area contributed by atoms with Crippen LogP contribution in [0, 0.1) is 0 Å². The second-order valence-corrected chi connectivity index (χ2v) is 4.57. The summed E-state index contributed by atoms with van der Waals surface area (Å²) in [5.41, 5.74) is 4.71. The summed E-state index contributed by atoms with van der Waals surface area (Å²) in [6, 6.07) is 0.366. The van der Waals surface area contributed by atoms with Gasteiger partial charge in [0.25, 0.3) is 0 Å². The van der Waals surface area contributed by atoms with Gasteiger partial charge < -0.3 is 15.7 Å². The van der Waals surface area contributed by atoms with Crippen molar-refractivity contribution in [3.63, 3.8) is 0 Å². The molecule has 0 aliphatic carbocycles. The molecule has 1 fully saturated rings. The Kier molecular flexibility index (Phi) is 4.89. The molecule has 1 saturated heterocycles. The third-order valence-corrected chi connectivity index (χ3v) is 3.06. The monoisotopic (exact) mass is 317 g/mol. The summed E-state index contributed by atoms with van der Waals surface area (Å²) in [4.78, 5) is 5.27. The summed E-state index contributed by atoms with van der Waals surface area (Å²) in [6.45, 7) is 0.512. The average Bonchev–Trinajstić information content (AvgIpc) is 2.57. The molecule has 3 N–H and O–H groups in total. The SMILES string of the molecule is Cl.N[C@H]1CN(c2ncc(C(F)(F)F)cc2Cl)C[C@@H]1O. The number of β-amino-alcohol motifs (C(OH)–C–C–N with tert-alkyl or cyclic N) is 1. The molecule has 9 heteroatoms. The van der Waals surface area contributed by atoms with Crippen LogP contribution < -0.4 is 10.6 Å². The highest BCUT2D eigenvalue weighted by Gasteiger charge is 2.34. The second kappa shape index (κ2) is 5.70. The van der Waals surface area contributed by atoms with Crippen molar-refractivity contribution in [2.75, 3.05) is 18.0 Å². The molecular weight excluding hydrogens is 306 g/mol. The largest absolute Gasteiger partial charge is 0.417 e. The van der Waals surface area contributed by atoms with Gasteiger partial charge in [-0.2, -0.15) is 13.2 Å². The number of rotatable bonds is 1.